The lowest BCUT2D eigenvalue weighted by Crippen LogP contribution is -2.21. The van der Waals surface area contributed by atoms with Crippen molar-refractivity contribution < 1.29 is 31.8 Å². The van der Waals surface area contributed by atoms with Crippen molar-refractivity contribution in [3.63, 3.8) is 0 Å². The Morgan fingerprint density at radius 3 is 1.92 bits per heavy atom. The summed E-state index contributed by atoms with van der Waals surface area (Å²) in [4.78, 5) is 0. The van der Waals surface area contributed by atoms with E-state index in [-0.39, 0.29) is 42.3 Å². The van der Waals surface area contributed by atoms with Gasteiger partial charge in [-0.3, -0.25) is 0 Å². The van der Waals surface area contributed by atoms with Crippen LogP contribution < -0.4 is 9.47 Å². The summed E-state index contributed by atoms with van der Waals surface area (Å²) in [5.74, 6) is -4.32. The third kappa shape index (κ3) is 5.67. The molecule has 1 fully saturated rings. The lowest BCUT2D eigenvalue weighted by Gasteiger charge is -2.29. The van der Waals surface area contributed by atoms with Crippen LogP contribution >= 0.6 is 0 Å². The van der Waals surface area contributed by atoms with E-state index in [9.17, 15) is 8.78 Å². The van der Waals surface area contributed by atoms with E-state index in [4.69, 9.17) is 14.2 Å². The minimum atomic E-state index is -1.12. The summed E-state index contributed by atoms with van der Waals surface area (Å²) in [7, 11) is 0. The van der Waals surface area contributed by atoms with Crippen molar-refractivity contribution in [1.29, 1.82) is 0 Å². The Kier molecular flexibility index (Phi) is 8.52. The van der Waals surface area contributed by atoms with Gasteiger partial charge in [-0.2, -0.15) is 8.78 Å². The normalized spacial score (nSPS) is 17.7. The van der Waals surface area contributed by atoms with Gasteiger partial charge in [-0.15, -0.1) is 0 Å². The number of hydrogen-bond donors (Lipinski definition) is 0. The molecule has 7 heteroatoms. The highest BCUT2D eigenvalue weighted by Gasteiger charge is 2.26. The molecule has 1 saturated carbocycles. The molecular weight excluding hydrogens is 472 g/mol. The van der Waals surface area contributed by atoms with Crippen LogP contribution in [-0.2, 0) is 11.3 Å². The van der Waals surface area contributed by atoms with Gasteiger partial charge in [0.2, 0.25) is 11.6 Å². The van der Waals surface area contributed by atoms with Gasteiger partial charge >= 0.3 is 0 Å². The summed E-state index contributed by atoms with van der Waals surface area (Å²) >= 11 is 0. The Labute approximate surface area is 209 Å². The van der Waals surface area contributed by atoms with Crippen molar-refractivity contribution in [2.24, 2.45) is 0 Å². The molecule has 0 bridgehead atoms. The van der Waals surface area contributed by atoms with Crippen molar-refractivity contribution in [2.75, 3.05) is 13.2 Å². The van der Waals surface area contributed by atoms with Crippen molar-refractivity contribution in [3.8, 4) is 22.6 Å². The third-order valence-corrected chi connectivity index (χ3v) is 6.60. The highest BCUT2D eigenvalue weighted by Crippen LogP contribution is 2.38. The first kappa shape index (κ1) is 26.0. The standard InChI is InChI=1S/C29H30F4O3/c1-3-34-21-11-9-20(10-12-21)23-14-13-22(26(30)27(23)31)19-7-5-18(6-8-19)17-36-25-16-15-24(35-4-2)28(32)29(25)33/h5-8,13-16,20-21H,3-4,9-12,17H2,1-2H3. The van der Waals surface area contributed by atoms with E-state index in [1.165, 1.54) is 12.1 Å². The maximum absolute atomic E-state index is 15.0. The first-order valence-corrected chi connectivity index (χ1v) is 12.3. The second-order valence-corrected chi connectivity index (χ2v) is 8.87. The highest BCUT2D eigenvalue weighted by atomic mass is 19.2. The van der Waals surface area contributed by atoms with E-state index in [1.54, 1.807) is 43.3 Å². The Bertz CT molecular complexity index is 1170. The Hall–Kier alpha value is -3.06. The zero-order valence-corrected chi connectivity index (χ0v) is 20.5. The minimum absolute atomic E-state index is 0.0161. The van der Waals surface area contributed by atoms with E-state index in [1.807, 2.05) is 6.92 Å². The summed E-state index contributed by atoms with van der Waals surface area (Å²) in [6.45, 7) is 4.49. The van der Waals surface area contributed by atoms with Crippen LogP contribution in [-0.4, -0.2) is 19.3 Å². The molecule has 0 atom stereocenters. The number of ether oxygens (including phenoxy) is 3. The summed E-state index contributed by atoms with van der Waals surface area (Å²) in [6.07, 6.45) is 3.43. The van der Waals surface area contributed by atoms with Gasteiger partial charge in [-0.05, 0) is 74.3 Å². The first-order valence-electron chi connectivity index (χ1n) is 12.3. The molecule has 0 radical (unpaired) electrons. The van der Waals surface area contributed by atoms with Gasteiger partial charge in [-0.1, -0.05) is 36.4 Å². The molecule has 1 aliphatic rings. The van der Waals surface area contributed by atoms with Gasteiger partial charge in [0.25, 0.3) is 0 Å². The molecular formula is C29H30F4O3. The second kappa shape index (κ2) is 11.8. The average molecular weight is 503 g/mol. The molecule has 0 saturated heterocycles. The molecule has 0 aromatic heterocycles. The van der Waals surface area contributed by atoms with Crippen LogP contribution in [0.5, 0.6) is 11.5 Å². The van der Waals surface area contributed by atoms with Gasteiger partial charge in [0, 0.05) is 12.2 Å². The Morgan fingerprint density at radius 2 is 1.31 bits per heavy atom. The van der Waals surface area contributed by atoms with E-state index in [0.29, 0.717) is 23.3 Å². The largest absolute Gasteiger partial charge is 0.491 e. The Balaban J connectivity index is 1.43. The van der Waals surface area contributed by atoms with E-state index in [0.717, 1.165) is 25.7 Å². The lowest BCUT2D eigenvalue weighted by atomic mass is 9.82. The first-order chi connectivity index (χ1) is 17.4. The topological polar surface area (TPSA) is 27.7 Å². The average Bonchev–Trinajstić information content (AvgIpc) is 2.89. The molecule has 36 heavy (non-hydrogen) atoms. The summed E-state index contributed by atoms with van der Waals surface area (Å²) < 4.78 is 74.4. The number of halogens is 4. The van der Waals surface area contributed by atoms with E-state index in [2.05, 4.69) is 0 Å². The third-order valence-electron chi connectivity index (χ3n) is 6.60. The summed E-state index contributed by atoms with van der Waals surface area (Å²) in [5, 5.41) is 0. The second-order valence-electron chi connectivity index (χ2n) is 8.87. The van der Waals surface area contributed by atoms with Gasteiger partial charge in [0.05, 0.1) is 12.7 Å². The Morgan fingerprint density at radius 1 is 0.667 bits per heavy atom. The van der Waals surface area contributed by atoms with Gasteiger partial charge in [-0.25, -0.2) is 8.78 Å². The van der Waals surface area contributed by atoms with Crippen LogP contribution in [0.3, 0.4) is 0 Å². The molecule has 192 valence electrons. The maximum Gasteiger partial charge on any atom is 0.204 e. The predicted molar refractivity (Wildman–Crippen MR) is 130 cm³/mol. The number of hydrogen-bond acceptors (Lipinski definition) is 3. The van der Waals surface area contributed by atoms with Crippen LogP contribution in [0.2, 0.25) is 0 Å². The van der Waals surface area contributed by atoms with E-state index < -0.39 is 23.3 Å². The molecule has 0 N–H and O–H groups in total. The van der Waals surface area contributed by atoms with E-state index >= 15 is 8.78 Å². The molecule has 1 aliphatic carbocycles. The molecule has 3 aromatic carbocycles. The zero-order chi connectivity index (χ0) is 25.7. The monoisotopic (exact) mass is 502 g/mol. The van der Waals surface area contributed by atoms with Crippen LogP contribution in [0.25, 0.3) is 11.1 Å². The fourth-order valence-corrected chi connectivity index (χ4v) is 4.71. The van der Waals surface area contributed by atoms with Crippen LogP contribution in [0.15, 0.2) is 48.5 Å². The van der Waals surface area contributed by atoms with Crippen molar-refractivity contribution in [1.82, 2.24) is 0 Å². The van der Waals surface area contributed by atoms with Crippen molar-refractivity contribution >= 4 is 0 Å². The van der Waals surface area contributed by atoms with Gasteiger partial charge < -0.3 is 14.2 Å². The molecule has 0 heterocycles. The molecule has 3 nitrogen and oxygen atoms in total. The highest BCUT2D eigenvalue weighted by molar-refractivity contribution is 5.65. The molecule has 3 aromatic rings. The maximum atomic E-state index is 15.0. The number of benzene rings is 3. The fourth-order valence-electron chi connectivity index (χ4n) is 4.71. The molecule has 0 aliphatic heterocycles. The molecule has 0 spiro atoms. The predicted octanol–water partition coefficient (Wildman–Crippen LogP) is 7.95. The summed E-state index contributed by atoms with van der Waals surface area (Å²) in [6, 6.07) is 12.6. The number of rotatable bonds is 9. The SMILES string of the molecule is CCOc1ccc(OCc2ccc(-c3ccc(C4CCC(OCC)CC4)c(F)c3F)cc2)c(F)c1F. The molecule has 4 rings (SSSR count). The summed E-state index contributed by atoms with van der Waals surface area (Å²) in [5.41, 5.74) is 1.77. The van der Waals surface area contributed by atoms with Crippen molar-refractivity contribution in [2.45, 2.75) is 58.2 Å². The zero-order valence-electron chi connectivity index (χ0n) is 20.5. The smallest absolute Gasteiger partial charge is 0.204 e. The van der Waals surface area contributed by atoms with Crippen LogP contribution in [0, 0.1) is 23.3 Å². The van der Waals surface area contributed by atoms with Gasteiger partial charge in [0.1, 0.15) is 6.61 Å². The van der Waals surface area contributed by atoms with Crippen LogP contribution in [0.4, 0.5) is 17.6 Å². The molecule has 0 amide bonds. The van der Waals surface area contributed by atoms with Crippen LogP contribution in [0.1, 0.15) is 56.6 Å². The fraction of sp³-hybridized carbons (Fsp3) is 0.379. The quantitative estimate of drug-likeness (QED) is 0.278. The molecule has 0 unspecified atom stereocenters. The van der Waals surface area contributed by atoms with Crippen molar-refractivity contribution in [3.05, 3.63) is 82.9 Å². The minimum Gasteiger partial charge on any atom is -0.491 e. The lowest BCUT2D eigenvalue weighted by molar-refractivity contribution is 0.0325. The van der Waals surface area contributed by atoms with Gasteiger partial charge in [0.15, 0.2) is 23.1 Å².